The summed E-state index contributed by atoms with van der Waals surface area (Å²) in [6, 6.07) is 7.17. The number of ketones is 1. The normalized spacial score (nSPS) is 36.4. The van der Waals surface area contributed by atoms with E-state index in [0.717, 1.165) is 115 Å². The van der Waals surface area contributed by atoms with Crippen LogP contribution in [-0.2, 0) is 28.7 Å². The monoisotopic (exact) mass is 904 g/mol. The van der Waals surface area contributed by atoms with E-state index in [1.165, 1.54) is 5.57 Å². The second-order valence-corrected chi connectivity index (χ2v) is 21.9. The van der Waals surface area contributed by atoms with Crippen LogP contribution < -0.4 is 15.4 Å². The highest BCUT2D eigenvalue weighted by Gasteiger charge is 2.65. The first-order valence-electron chi connectivity index (χ1n) is 24.8. The lowest BCUT2D eigenvalue weighted by atomic mass is 9.38. The number of hydrogen-bond donors (Lipinski definition) is 3. The third kappa shape index (κ3) is 9.93. The number of morpholine rings is 1. The number of aliphatic hydroxyl groups excluding tert-OH is 1. The minimum Gasteiger partial charge on any atom is -0.492 e. The minimum absolute atomic E-state index is 0.00749. The second kappa shape index (κ2) is 20.8. The lowest BCUT2D eigenvalue weighted by Crippen LogP contribution is -2.64. The number of allylic oxidation sites excluding steroid dienone is 1. The number of likely N-dealkylation sites (N-methyl/N-ethyl adjacent to an activating group) is 1. The predicted molar refractivity (Wildman–Crippen MR) is 251 cm³/mol. The van der Waals surface area contributed by atoms with E-state index in [1.807, 2.05) is 40.0 Å². The smallest absolute Gasteiger partial charge is 0.309 e. The predicted octanol–water partition coefficient (Wildman–Crippen LogP) is 7.26. The van der Waals surface area contributed by atoms with Gasteiger partial charge in [-0.05, 0) is 166 Å². The van der Waals surface area contributed by atoms with Crippen LogP contribution in [0.15, 0.2) is 35.4 Å². The van der Waals surface area contributed by atoms with Crippen molar-refractivity contribution in [3.8, 4) is 5.75 Å². The summed E-state index contributed by atoms with van der Waals surface area (Å²) in [5, 5.41) is 13.6. The fourth-order valence-corrected chi connectivity index (χ4v) is 14.0. The molecule has 12 unspecified atom stereocenters. The van der Waals surface area contributed by atoms with Crippen molar-refractivity contribution in [2.45, 2.75) is 137 Å². The molecule has 0 aromatic heterocycles. The zero-order valence-electron chi connectivity index (χ0n) is 41.2. The van der Waals surface area contributed by atoms with Crippen LogP contribution in [-0.4, -0.2) is 111 Å². The van der Waals surface area contributed by atoms with E-state index in [4.69, 9.17) is 19.3 Å². The SMILES string of the molecule is CNC(C)(C)C(=O)NC12CCC3C(CCC4C3(C)CCC3C(C)C(OC(=O)C5CC(C=O)C5C)CCC34C)C1=C(C(C)C)C(=O)C2.CO.O=Cc1ccc(OCCN2CCOCC2)cc1. The van der Waals surface area contributed by atoms with Crippen LogP contribution in [0.5, 0.6) is 5.75 Å². The number of aliphatic hydroxyl groups is 1. The second-order valence-electron chi connectivity index (χ2n) is 21.9. The third-order valence-corrected chi connectivity index (χ3v) is 18.0. The number of carbonyl (C=O) groups excluding carboxylic acids is 5. The number of hydrogen-bond acceptors (Lipinski definition) is 11. The van der Waals surface area contributed by atoms with Gasteiger partial charge in [-0.25, -0.2) is 0 Å². The number of amides is 1. The van der Waals surface area contributed by atoms with E-state index in [1.54, 1.807) is 12.1 Å². The van der Waals surface area contributed by atoms with Crippen LogP contribution in [0, 0.1) is 64.1 Å². The number of aldehydes is 2. The summed E-state index contributed by atoms with van der Waals surface area (Å²) in [5.41, 5.74) is 2.03. The fraction of sp³-hybridized carbons (Fsp3) is 0.755. The van der Waals surface area contributed by atoms with E-state index >= 15 is 0 Å². The number of ether oxygens (including phenoxy) is 3. The van der Waals surface area contributed by atoms with Crippen molar-refractivity contribution in [2.24, 2.45) is 64.1 Å². The number of carbonyl (C=O) groups is 5. The molecule has 12 heteroatoms. The molecule has 7 aliphatic rings. The molecule has 0 radical (unpaired) electrons. The number of Topliss-reactive ketones (excluding diaryl/α,β-unsaturated/α-hetero) is 1. The highest BCUT2D eigenvalue weighted by atomic mass is 16.5. The lowest BCUT2D eigenvalue weighted by Gasteiger charge is -2.67. The van der Waals surface area contributed by atoms with E-state index in [2.05, 4.69) is 50.2 Å². The Kier molecular flexibility index (Phi) is 16.3. The molecule has 5 saturated carbocycles. The van der Waals surface area contributed by atoms with Gasteiger partial charge >= 0.3 is 5.97 Å². The molecule has 8 rings (SSSR count). The Bertz CT molecular complexity index is 1890. The van der Waals surface area contributed by atoms with Crippen molar-refractivity contribution in [3.63, 3.8) is 0 Å². The summed E-state index contributed by atoms with van der Waals surface area (Å²) in [7, 11) is 2.82. The zero-order valence-corrected chi connectivity index (χ0v) is 41.2. The lowest BCUT2D eigenvalue weighted by molar-refractivity contribution is -0.195. The molecule has 65 heavy (non-hydrogen) atoms. The number of nitrogens with one attached hydrogen (secondary N) is 2. The summed E-state index contributed by atoms with van der Waals surface area (Å²) in [6.07, 6.45) is 11.2. The van der Waals surface area contributed by atoms with Crippen LogP contribution in [0.25, 0.3) is 0 Å². The van der Waals surface area contributed by atoms with Crippen LogP contribution >= 0.6 is 0 Å². The molecule has 1 heterocycles. The Morgan fingerprint density at radius 3 is 2.20 bits per heavy atom. The Morgan fingerprint density at radius 2 is 1.58 bits per heavy atom. The first-order valence-corrected chi connectivity index (χ1v) is 24.8. The highest BCUT2D eigenvalue weighted by molar-refractivity contribution is 6.02. The van der Waals surface area contributed by atoms with Crippen molar-refractivity contribution in [1.29, 1.82) is 0 Å². The minimum atomic E-state index is -0.713. The Morgan fingerprint density at radius 1 is 0.938 bits per heavy atom. The quantitative estimate of drug-likeness (QED) is 0.143. The van der Waals surface area contributed by atoms with Gasteiger partial charge in [-0.15, -0.1) is 0 Å². The zero-order chi connectivity index (χ0) is 47.5. The fourth-order valence-electron chi connectivity index (χ4n) is 14.0. The molecular formula is C53H81N3O9. The van der Waals surface area contributed by atoms with Gasteiger partial charge in [0.1, 0.15) is 31.0 Å². The number of benzene rings is 1. The summed E-state index contributed by atoms with van der Waals surface area (Å²) < 4.78 is 17.1. The first kappa shape index (κ1) is 51.0. The molecular weight excluding hydrogens is 823 g/mol. The van der Waals surface area contributed by atoms with Crippen molar-refractivity contribution in [2.75, 3.05) is 53.6 Å². The molecule has 3 N–H and O–H groups in total. The van der Waals surface area contributed by atoms with Gasteiger partial charge in [-0.3, -0.25) is 24.1 Å². The van der Waals surface area contributed by atoms with E-state index < -0.39 is 11.1 Å². The van der Waals surface area contributed by atoms with Gasteiger partial charge in [-0.1, -0.05) is 41.5 Å². The van der Waals surface area contributed by atoms with E-state index in [0.29, 0.717) is 54.6 Å². The summed E-state index contributed by atoms with van der Waals surface area (Å²) in [4.78, 5) is 64.6. The van der Waals surface area contributed by atoms with Crippen LogP contribution in [0.1, 0.15) is 130 Å². The molecule has 362 valence electrons. The molecule has 6 fully saturated rings. The average Bonchev–Trinajstić information content (AvgIpc) is 3.60. The summed E-state index contributed by atoms with van der Waals surface area (Å²) >= 11 is 0. The van der Waals surface area contributed by atoms with Gasteiger partial charge in [-0.2, -0.15) is 0 Å². The van der Waals surface area contributed by atoms with Gasteiger partial charge in [0.05, 0.1) is 30.2 Å². The van der Waals surface area contributed by atoms with Crippen molar-refractivity contribution in [3.05, 3.63) is 41.0 Å². The summed E-state index contributed by atoms with van der Waals surface area (Å²) in [5.74, 6) is 3.23. The Hall–Kier alpha value is -3.45. The standard InChI is InChI=1S/C39H60N2O5.C13H17NO3.CH4O/c1-21(2)32-29(43)19-39(41-35(45)36(5,6)40-9)17-13-28-25(33(32)39)10-11-31-37(7)16-14-30(23(4)27(37)12-15-38(28,31)8)46-34(44)26-18-24(20-42)22(26)3;15-11-12-1-3-13(4-2-12)17-10-7-14-5-8-16-9-6-14;1-2/h20-28,30-31,40H,10-19H2,1-9H3,(H,41,45);1-4,11H,5-10H2;2H,1H3. The molecule has 12 nitrogen and oxygen atoms in total. The first-order chi connectivity index (χ1) is 30.9. The largest absolute Gasteiger partial charge is 0.492 e. The van der Waals surface area contributed by atoms with Crippen LogP contribution in [0.2, 0.25) is 0 Å². The Balaban J connectivity index is 0.000000308. The average molecular weight is 904 g/mol. The van der Waals surface area contributed by atoms with Gasteiger partial charge in [0.2, 0.25) is 5.91 Å². The third-order valence-electron chi connectivity index (χ3n) is 18.0. The number of fused-ring (bicyclic) bond motifs is 7. The van der Waals surface area contributed by atoms with Gasteiger partial charge < -0.3 is 34.7 Å². The Labute approximate surface area is 389 Å². The molecule has 6 aliphatic carbocycles. The molecule has 0 bridgehead atoms. The topological polar surface area (TPSA) is 161 Å². The number of esters is 1. The van der Waals surface area contributed by atoms with Crippen LogP contribution in [0.4, 0.5) is 0 Å². The maximum Gasteiger partial charge on any atom is 0.309 e. The molecule has 1 saturated heterocycles. The molecule has 12 atom stereocenters. The number of rotatable bonds is 12. The summed E-state index contributed by atoms with van der Waals surface area (Å²) in [6.45, 7) is 22.7. The van der Waals surface area contributed by atoms with Gasteiger partial charge in [0.15, 0.2) is 5.78 Å². The molecule has 1 aromatic rings. The van der Waals surface area contributed by atoms with Gasteiger partial charge in [0.25, 0.3) is 0 Å². The van der Waals surface area contributed by atoms with Crippen molar-refractivity contribution >= 4 is 30.2 Å². The van der Waals surface area contributed by atoms with E-state index in [9.17, 15) is 24.0 Å². The van der Waals surface area contributed by atoms with Gasteiger partial charge in [0, 0.05) is 44.6 Å². The highest BCUT2D eigenvalue weighted by Crippen LogP contribution is 2.70. The molecule has 1 aliphatic heterocycles. The van der Waals surface area contributed by atoms with Crippen LogP contribution in [0.3, 0.4) is 0 Å². The van der Waals surface area contributed by atoms with Crippen molar-refractivity contribution < 1.29 is 43.3 Å². The molecule has 1 aromatic carbocycles. The maximum absolute atomic E-state index is 13.7. The van der Waals surface area contributed by atoms with Crippen molar-refractivity contribution in [1.82, 2.24) is 15.5 Å². The van der Waals surface area contributed by atoms with E-state index in [-0.39, 0.29) is 58.3 Å². The molecule has 1 amide bonds. The molecule has 0 spiro atoms. The maximum atomic E-state index is 13.7. The number of nitrogens with zero attached hydrogens (tertiary/aromatic N) is 1.